The van der Waals surface area contributed by atoms with Gasteiger partial charge in [0.15, 0.2) is 0 Å². The van der Waals surface area contributed by atoms with Gasteiger partial charge in [-0.15, -0.1) is 11.3 Å². The largest absolute Gasteiger partial charge is 0.355 e. The van der Waals surface area contributed by atoms with E-state index >= 15 is 0 Å². The average Bonchev–Trinajstić information content (AvgIpc) is 3.47. The number of benzene rings is 1. The van der Waals surface area contributed by atoms with Crippen LogP contribution in [0.25, 0.3) is 10.2 Å². The van der Waals surface area contributed by atoms with E-state index in [1.807, 2.05) is 24.3 Å². The number of nitrogens with zero attached hydrogens (tertiary/aromatic N) is 4. The predicted octanol–water partition coefficient (Wildman–Crippen LogP) is 3.54. The van der Waals surface area contributed by atoms with Crippen LogP contribution in [0.15, 0.2) is 30.6 Å². The summed E-state index contributed by atoms with van der Waals surface area (Å²) in [7, 11) is -3.42. The number of piperidine rings is 1. The van der Waals surface area contributed by atoms with Gasteiger partial charge in [0.1, 0.15) is 17.0 Å². The molecule has 30 heavy (non-hydrogen) atoms. The summed E-state index contributed by atoms with van der Waals surface area (Å²) in [6.45, 7) is 1.89. The summed E-state index contributed by atoms with van der Waals surface area (Å²) in [5.41, 5.74) is 3.37. The monoisotopic (exact) mass is 440 g/mol. The summed E-state index contributed by atoms with van der Waals surface area (Å²) in [6, 6.07) is 7.88. The van der Waals surface area contributed by atoms with Gasteiger partial charge in [-0.3, -0.25) is 4.31 Å². The Kier molecular flexibility index (Phi) is 4.28. The molecule has 8 heteroatoms. The van der Waals surface area contributed by atoms with Crippen LogP contribution in [-0.4, -0.2) is 43.3 Å². The van der Waals surface area contributed by atoms with Crippen LogP contribution in [0.1, 0.15) is 35.3 Å². The Balaban J connectivity index is 1.34. The zero-order chi connectivity index (χ0) is 20.3. The van der Waals surface area contributed by atoms with E-state index < -0.39 is 15.3 Å². The van der Waals surface area contributed by atoms with E-state index in [1.54, 1.807) is 22.0 Å². The minimum atomic E-state index is -3.42. The summed E-state index contributed by atoms with van der Waals surface area (Å²) in [6.07, 6.45) is 7.38. The van der Waals surface area contributed by atoms with E-state index in [2.05, 4.69) is 14.9 Å². The number of fused-ring (bicyclic) bond motifs is 4. The second kappa shape index (κ2) is 6.92. The Labute approximate surface area is 180 Å². The number of aryl methyl sites for hydroxylation is 2. The SMILES string of the molecule is O=S(=O)(C1CCCN(c2ncnc3sc4c(c23)CCC4)C1)N1CCc2ccccc21. The molecule has 0 bridgehead atoms. The first-order chi connectivity index (χ1) is 14.6. The van der Waals surface area contributed by atoms with E-state index in [4.69, 9.17) is 0 Å². The summed E-state index contributed by atoms with van der Waals surface area (Å²) in [4.78, 5) is 13.8. The van der Waals surface area contributed by atoms with Crippen molar-refractivity contribution in [1.82, 2.24) is 9.97 Å². The molecule has 6 nitrogen and oxygen atoms in total. The van der Waals surface area contributed by atoms with Crippen molar-refractivity contribution < 1.29 is 8.42 Å². The maximum Gasteiger partial charge on any atom is 0.239 e. The zero-order valence-electron chi connectivity index (χ0n) is 16.7. The third-order valence-corrected chi connectivity index (χ3v) is 10.2. The molecule has 0 spiro atoms. The highest BCUT2D eigenvalue weighted by Gasteiger charge is 2.39. The van der Waals surface area contributed by atoms with E-state index in [0.717, 1.165) is 54.1 Å². The molecule has 4 heterocycles. The Morgan fingerprint density at radius 2 is 1.93 bits per heavy atom. The minimum Gasteiger partial charge on any atom is -0.355 e. The summed E-state index contributed by atoms with van der Waals surface area (Å²) >= 11 is 1.78. The fraction of sp³-hybridized carbons (Fsp3) is 0.455. The van der Waals surface area contributed by atoms with Crippen molar-refractivity contribution in [1.29, 1.82) is 0 Å². The van der Waals surface area contributed by atoms with Crippen molar-refractivity contribution in [3.8, 4) is 0 Å². The van der Waals surface area contributed by atoms with Crippen LogP contribution in [0, 0.1) is 0 Å². The van der Waals surface area contributed by atoms with Gasteiger partial charge in [-0.05, 0) is 55.7 Å². The first kappa shape index (κ1) is 18.6. The molecule has 1 saturated heterocycles. The molecule has 2 aliphatic heterocycles. The molecule has 1 fully saturated rings. The number of rotatable bonds is 3. The van der Waals surface area contributed by atoms with Crippen molar-refractivity contribution in [3.05, 3.63) is 46.6 Å². The molecule has 3 aromatic rings. The van der Waals surface area contributed by atoms with Crippen molar-refractivity contribution in [3.63, 3.8) is 0 Å². The van der Waals surface area contributed by atoms with Gasteiger partial charge in [-0.2, -0.15) is 0 Å². The lowest BCUT2D eigenvalue weighted by atomic mass is 10.1. The summed E-state index contributed by atoms with van der Waals surface area (Å²) in [5.74, 6) is 0.932. The number of aromatic nitrogens is 2. The lowest BCUT2D eigenvalue weighted by molar-refractivity contribution is 0.528. The van der Waals surface area contributed by atoms with E-state index in [9.17, 15) is 8.42 Å². The Hall–Kier alpha value is -2.19. The highest BCUT2D eigenvalue weighted by molar-refractivity contribution is 7.93. The molecule has 1 atom stereocenters. The Morgan fingerprint density at radius 1 is 1.03 bits per heavy atom. The number of thiophene rings is 1. The van der Waals surface area contributed by atoms with Crippen LogP contribution < -0.4 is 9.21 Å². The highest BCUT2D eigenvalue weighted by Crippen LogP contribution is 2.41. The van der Waals surface area contributed by atoms with E-state index in [1.165, 1.54) is 22.2 Å². The third kappa shape index (κ3) is 2.76. The standard InChI is InChI=1S/C22H24N4O2S2/c27-30(28,26-12-10-15-5-1-2-8-18(15)26)16-6-4-11-25(13-16)21-20-17-7-3-9-19(17)29-22(20)24-14-23-21/h1-2,5,8,14,16H,3-4,6-7,9-13H2. The van der Waals surface area contributed by atoms with Crippen molar-refractivity contribution in [2.24, 2.45) is 0 Å². The number of sulfonamides is 1. The molecule has 0 N–H and O–H groups in total. The molecule has 1 unspecified atom stereocenters. The van der Waals surface area contributed by atoms with Gasteiger partial charge in [-0.1, -0.05) is 18.2 Å². The maximum atomic E-state index is 13.6. The fourth-order valence-electron chi connectivity index (χ4n) is 5.28. The molecule has 0 saturated carbocycles. The lowest BCUT2D eigenvalue weighted by Crippen LogP contribution is -2.48. The van der Waals surface area contributed by atoms with E-state index in [-0.39, 0.29) is 0 Å². The quantitative estimate of drug-likeness (QED) is 0.623. The number of para-hydroxylation sites is 1. The molecule has 3 aliphatic rings. The van der Waals surface area contributed by atoms with Gasteiger partial charge >= 0.3 is 0 Å². The molecule has 1 aliphatic carbocycles. The van der Waals surface area contributed by atoms with Gasteiger partial charge in [0.25, 0.3) is 0 Å². The second-order valence-electron chi connectivity index (χ2n) is 8.44. The normalized spacial score (nSPS) is 21.3. The predicted molar refractivity (Wildman–Crippen MR) is 121 cm³/mol. The third-order valence-electron chi connectivity index (χ3n) is 6.73. The Morgan fingerprint density at radius 3 is 2.87 bits per heavy atom. The van der Waals surface area contributed by atoms with Crippen LogP contribution in [0.5, 0.6) is 0 Å². The van der Waals surface area contributed by atoms with Gasteiger partial charge in [-0.25, -0.2) is 18.4 Å². The summed E-state index contributed by atoms with van der Waals surface area (Å²) < 4.78 is 28.8. The lowest BCUT2D eigenvalue weighted by Gasteiger charge is -2.35. The molecule has 156 valence electrons. The maximum absolute atomic E-state index is 13.6. The molecule has 2 aromatic heterocycles. The molecule has 0 amide bonds. The van der Waals surface area contributed by atoms with Gasteiger partial charge in [0, 0.05) is 24.5 Å². The number of hydrogen-bond donors (Lipinski definition) is 0. The average molecular weight is 441 g/mol. The topological polar surface area (TPSA) is 66.4 Å². The van der Waals surface area contributed by atoms with Crippen LogP contribution in [0.3, 0.4) is 0 Å². The van der Waals surface area contributed by atoms with Gasteiger partial charge < -0.3 is 4.90 Å². The summed E-state index contributed by atoms with van der Waals surface area (Å²) in [5, 5.41) is 0.758. The van der Waals surface area contributed by atoms with E-state index in [0.29, 0.717) is 19.5 Å². The van der Waals surface area contributed by atoms with Crippen molar-refractivity contribution in [2.75, 3.05) is 28.8 Å². The van der Waals surface area contributed by atoms with Gasteiger partial charge in [0.2, 0.25) is 10.0 Å². The zero-order valence-corrected chi connectivity index (χ0v) is 18.4. The number of anilines is 2. The molecular weight excluding hydrogens is 416 g/mol. The molecule has 1 aromatic carbocycles. The smallest absolute Gasteiger partial charge is 0.239 e. The van der Waals surface area contributed by atoms with Crippen molar-refractivity contribution >= 4 is 43.1 Å². The Bertz CT molecular complexity index is 1240. The van der Waals surface area contributed by atoms with Gasteiger partial charge in [0.05, 0.1) is 16.3 Å². The highest BCUT2D eigenvalue weighted by atomic mass is 32.2. The first-order valence-electron chi connectivity index (χ1n) is 10.7. The molecule has 0 radical (unpaired) electrons. The van der Waals surface area contributed by atoms with Crippen molar-refractivity contribution in [2.45, 2.75) is 43.8 Å². The van der Waals surface area contributed by atoms with Crippen LogP contribution in [0.2, 0.25) is 0 Å². The molecule has 6 rings (SSSR count). The number of hydrogen-bond acceptors (Lipinski definition) is 6. The van der Waals surface area contributed by atoms with Crippen LogP contribution >= 0.6 is 11.3 Å². The van der Waals surface area contributed by atoms with Crippen LogP contribution in [0.4, 0.5) is 11.5 Å². The second-order valence-corrected chi connectivity index (χ2v) is 11.7. The first-order valence-corrected chi connectivity index (χ1v) is 13.0. The minimum absolute atomic E-state index is 0.408. The fourth-order valence-corrected chi connectivity index (χ4v) is 8.49. The van der Waals surface area contributed by atoms with Crippen LogP contribution in [-0.2, 0) is 29.3 Å². The molecular formula is C22H24N4O2S2.